The molecule has 2 nitrogen and oxygen atoms in total. The molecule has 2 fully saturated rings. The van der Waals surface area contributed by atoms with Gasteiger partial charge in [0.1, 0.15) is 0 Å². The third kappa shape index (κ3) is 2.39. The molecular weight excluding hydrogens is 212 g/mol. The number of ether oxygens (including phenoxy) is 2. The SMILES string of the molecule is CC1C(CCCC2OC(C)(C)C2C)OC1(C)C. The maximum absolute atomic E-state index is 5.90. The maximum Gasteiger partial charge on any atom is 0.0680 e. The highest BCUT2D eigenvalue weighted by Crippen LogP contribution is 2.43. The van der Waals surface area contributed by atoms with Crippen molar-refractivity contribution in [2.24, 2.45) is 11.8 Å². The summed E-state index contributed by atoms with van der Waals surface area (Å²) in [7, 11) is 0. The summed E-state index contributed by atoms with van der Waals surface area (Å²) in [5, 5.41) is 0. The Bertz CT molecular complexity index is 255. The largest absolute Gasteiger partial charge is 0.372 e. The molecule has 0 spiro atoms. The van der Waals surface area contributed by atoms with E-state index in [1.54, 1.807) is 0 Å². The molecule has 4 atom stereocenters. The molecule has 0 radical (unpaired) electrons. The Hall–Kier alpha value is -0.0800. The average molecular weight is 240 g/mol. The molecule has 0 aliphatic carbocycles. The molecule has 0 bridgehead atoms. The van der Waals surface area contributed by atoms with Gasteiger partial charge in [0.15, 0.2) is 0 Å². The topological polar surface area (TPSA) is 18.5 Å². The highest BCUT2D eigenvalue weighted by atomic mass is 16.5. The van der Waals surface area contributed by atoms with Crippen LogP contribution in [0.25, 0.3) is 0 Å². The van der Waals surface area contributed by atoms with Gasteiger partial charge in [-0.1, -0.05) is 13.8 Å². The lowest BCUT2D eigenvalue weighted by atomic mass is 9.76. The molecular formula is C15H28O2. The van der Waals surface area contributed by atoms with Crippen LogP contribution in [0.15, 0.2) is 0 Å². The monoisotopic (exact) mass is 240 g/mol. The molecule has 2 heteroatoms. The smallest absolute Gasteiger partial charge is 0.0680 e. The van der Waals surface area contributed by atoms with Crippen molar-refractivity contribution in [3.63, 3.8) is 0 Å². The van der Waals surface area contributed by atoms with Crippen molar-refractivity contribution in [3.05, 3.63) is 0 Å². The molecule has 0 aromatic heterocycles. The second kappa shape index (κ2) is 4.24. The zero-order valence-electron chi connectivity index (χ0n) is 12.2. The van der Waals surface area contributed by atoms with Crippen molar-refractivity contribution < 1.29 is 9.47 Å². The van der Waals surface area contributed by atoms with Crippen LogP contribution in [0.3, 0.4) is 0 Å². The second-order valence-electron chi connectivity index (χ2n) is 7.03. The Morgan fingerprint density at radius 3 is 1.35 bits per heavy atom. The minimum absolute atomic E-state index is 0.104. The summed E-state index contributed by atoms with van der Waals surface area (Å²) in [6, 6.07) is 0. The van der Waals surface area contributed by atoms with Crippen LogP contribution >= 0.6 is 0 Å². The summed E-state index contributed by atoms with van der Waals surface area (Å²) in [4.78, 5) is 0. The zero-order valence-corrected chi connectivity index (χ0v) is 12.2. The van der Waals surface area contributed by atoms with Crippen LogP contribution in [-0.4, -0.2) is 23.4 Å². The van der Waals surface area contributed by atoms with E-state index in [0.29, 0.717) is 24.0 Å². The predicted molar refractivity (Wildman–Crippen MR) is 70.1 cm³/mol. The Balaban J connectivity index is 1.63. The number of rotatable bonds is 4. The van der Waals surface area contributed by atoms with Gasteiger partial charge in [-0.2, -0.15) is 0 Å². The first-order valence-electron chi connectivity index (χ1n) is 7.09. The van der Waals surface area contributed by atoms with E-state index in [2.05, 4.69) is 41.5 Å². The van der Waals surface area contributed by atoms with Crippen molar-refractivity contribution in [2.75, 3.05) is 0 Å². The van der Waals surface area contributed by atoms with Crippen molar-refractivity contribution in [2.45, 2.75) is 84.2 Å². The van der Waals surface area contributed by atoms with Gasteiger partial charge in [-0.15, -0.1) is 0 Å². The van der Waals surface area contributed by atoms with Crippen LogP contribution in [-0.2, 0) is 9.47 Å². The van der Waals surface area contributed by atoms with Gasteiger partial charge in [0, 0.05) is 11.8 Å². The Labute approximate surface area is 106 Å². The van der Waals surface area contributed by atoms with Crippen molar-refractivity contribution in [1.82, 2.24) is 0 Å². The quantitative estimate of drug-likeness (QED) is 0.744. The molecule has 2 saturated heterocycles. The first kappa shape index (κ1) is 13.4. The lowest BCUT2D eigenvalue weighted by Gasteiger charge is -2.51. The fraction of sp³-hybridized carbons (Fsp3) is 1.00. The zero-order chi connectivity index (χ0) is 12.8. The van der Waals surface area contributed by atoms with E-state index in [0.717, 1.165) is 0 Å². The maximum atomic E-state index is 5.90. The molecule has 2 rings (SSSR count). The standard InChI is InChI=1S/C15H28O2/c1-10-12(16-14(10,3)4)8-7-9-13-11(2)15(5,6)17-13/h10-13H,7-9H2,1-6H3. The summed E-state index contributed by atoms with van der Waals surface area (Å²) >= 11 is 0. The van der Waals surface area contributed by atoms with E-state index in [-0.39, 0.29) is 11.2 Å². The van der Waals surface area contributed by atoms with E-state index in [1.165, 1.54) is 19.3 Å². The average Bonchev–Trinajstić information content (AvgIpc) is 2.25. The van der Waals surface area contributed by atoms with Gasteiger partial charge < -0.3 is 9.47 Å². The molecule has 0 N–H and O–H groups in total. The first-order chi connectivity index (χ1) is 7.74. The van der Waals surface area contributed by atoms with Gasteiger partial charge in [-0.3, -0.25) is 0 Å². The van der Waals surface area contributed by atoms with Crippen LogP contribution in [0.5, 0.6) is 0 Å². The third-order valence-corrected chi connectivity index (χ3v) is 5.20. The molecule has 0 amide bonds. The van der Waals surface area contributed by atoms with Crippen LogP contribution in [0, 0.1) is 11.8 Å². The third-order valence-electron chi connectivity index (χ3n) is 5.20. The molecule has 17 heavy (non-hydrogen) atoms. The van der Waals surface area contributed by atoms with E-state index < -0.39 is 0 Å². The van der Waals surface area contributed by atoms with Gasteiger partial charge in [0.25, 0.3) is 0 Å². The van der Waals surface area contributed by atoms with Crippen LogP contribution in [0.2, 0.25) is 0 Å². The summed E-state index contributed by atoms with van der Waals surface area (Å²) in [6.07, 6.45) is 4.58. The molecule has 4 unspecified atom stereocenters. The minimum Gasteiger partial charge on any atom is -0.372 e. The van der Waals surface area contributed by atoms with Crippen LogP contribution < -0.4 is 0 Å². The molecule has 2 heterocycles. The second-order valence-corrected chi connectivity index (χ2v) is 7.03. The normalized spacial score (nSPS) is 42.7. The van der Waals surface area contributed by atoms with E-state index in [1.807, 2.05) is 0 Å². The van der Waals surface area contributed by atoms with Gasteiger partial charge in [0.05, 0.1) is 23.4 Å². The lowest BCUT2D eigenvalue weighted by molar-refractivity contribution is -0.247. The molecule has 0 saturated carbocycles. The van der Waals surface area contributed by atoms with Crippen molar-refractivity contribution in [1.29, 1.82) is 0 Å². The molecule has 2 aliphatic heterocycles. The Morgan fingerprint density at radius 2 is 1.12 bits per heavy atom. The van der Waals surface area contributed by atoms with Crippen LogP contribution in [0.1, 0.15) is 60.8 Å². The summed E-state index contributed by atoms with van der Waals surface area (Å²) in [6.45, 7) is 13.4. The van der Waals surface area contributed by atoms with Gasteiger partial charge in [-0.25, -0.2) is 0 Å². The Morgan fingerprint density at radius 1 is 0.765 bits per heavy atom. The number of hydrogen-bond acceptors (Lipinski definition) is 2. The lowest BCUT2D eigenvalue weighted by Crippen LogP contribution is -2.56. The van der Waals surface area contributed by atoms with Gasteiger partial charge in [-0.05, 0) is 47.0 Å². The molecule has 0 aromatic carbocycles. The predicted octanol–water partition coefficient (Wildman–Crippen LogP) is 3.78. The van der Waals surface area contributed by atoms with E-state index >= 15 is 0 Å². The fourth-order valence-corrected chi connectivity index (χ4v) is 3.09. The van der Waals surface area contributed by atoms with Crippen LogP contribution in [0.4, 0.5) is 0 Å². The van der Waals surface area contributed by atoms with Gasteiger partial charge >= 0.3 is 0 Å². The Kier molecular flexibility index (Phi) is 3.33. The van der Waals surface area contributed by atoms with Gasteiger partial charge in [0.2, 0.25) is 0 Å². The minimum atomic E-state index is 0.104. The first-order valence-corrected chi connectivity index (χ1v) is 7.09. The fourth-order valence-electron chi connectivity index (χ4n) is 3.09. The van der Waals surface area contributed by atoms with E-state index in [9.17, 15) is 0 Å². The van der Waals surface area contributed by atoms with Crippen molar-refractivity contribution >= 4 is 0 Å². The molecule has 100 valence electrons. The summed E-state index contributed by atoms with van der Waals surface area (Å²) in [5.74, 6) is 1.39. The highest BCUT2D eigenvalue weighted by Gasteiger charge is 2.47. The highest BCUT2D eigenvalue weighted by molar-refractivity contribution is 4.95. The molecule has 0 aromatic rings. The van der Waals surface area contributed by atoms with Crippen molar-refractivity contribution in [3.8, 4) is 0 Å². The molecule has 2 aliphatic rings. The van der Waals surface area contributed by atoms with E-state index in [4.69, 9.17) is 9.47 Å². The number of hydrogen-bond donors (Lipinski definition) is 0. The summed E-state index contributed by atoms with van der Waals surface area (Å²) in [5.41, 5.74) is 0.208. The summed E-state index contributed by atoms with van der Waals surface area (Å²) < 4.78 is 11.8.